The Labute approximate surface area is 155 Å². The van der Waals surface area contributed by atoms with Crippen molar-refractivity contribution in [3.05, 3.63) is 39.6 Å². The van der Waals surface area contributed by atoms with Crippen LogP contribution in [0.4, 0.5) is 11.8 Å². The Morgan fingerprint density at radius 2 is 2.00 bits per heavy atom. The second-order valence-corrected chi connectivity index (χ2v) is 6.78. The largest absolute Gasteiger partial charge is 0.365 e. The first-order valence-corrected chi connectivity index (χ1v) is 9.13. The number of nitrogens with zero attached hydrogens (tertiary/aromatic N) is 5. The molecule has 3 aromatic rings. The molecule has 0 amide bonds. The summed E-state index contributed by atoms with van der Waals surface area (Å²) in [5.74, 6) is 1.56. The van der Waals surface area contributed by atoms with Crippen LogP contribution in [-0.2, 0) is 13.6 Å². The van der Waals surface area contributed by atoms with Gasteiger partial charge >= 0.3 is 0 Å². The summed E-state index contributed by atoms with van der Waals surface area (Å²) in [6, 6.07) is 8.44. The van der Waals surface area contributed by atoms with Gasteiger partial charge < -0.3 is 10.2 Å². The van der Waals surface area contributed by atoms with Crippen molar-refractivity contribution in [1.29, 1.82) is 0 Å². The number of benzene rings is 1. The van der Waals surface area contributed by atoms with Gasteiger partial charge in [-0.25, -0.2) is 0 Å². The molecule has 0 spiro atoms. The van der Waals surface area contributed by atoms with Gasteiger partial charge in [0, 0.05) is 30.3 Å². The molecule has 7 heteroatoms. The number of aromatic nitrogens is 4. The smallest absolute Gasteiger partial charge is 0.229 e. The fourth-order valence-corrected chi connectivity index (χ4v) is 3.23. The Morgan fingerprint density at radius 3 is 2.71 bits per heavy atom. The fourth-order valence-electron chi connectivity index (χ4n) is 2.63. The molecule has 1 aromatic carbocycles. The van der Waals surface area contributed by atoms with Gasteiger partial charge in [0.1, 0.15) is 5.82 Å². The lowest BCUT2D eigenvalue weighted by Crippen LogP contribution is -2.24. The van der Waals surface area contributed by atoms with Crippen LogP contribution in [0.3, 0.4) is 0 Å². The van der Waals surface area contributed by atoms with Crippen molar-refractivity contribution in [2.45, 2.75) is 20.4 Å². The molecule has 0 saturated carbocycles. The molecule has 2 aromatic heterocycles. The van der Waals surface area contributed by atoms with Gasteiger partial charge in [-0.1, -0.05) is 12.1 Å². The SMILES string of the molecule is CCN(CC)c1nc(NCc2cccc(I)c2)c2cnn(C)c2n1. The molecule has 0 aliphatic carbocycles. The maximum Gasteiger partial charge on any atom is 0.229 e. The molecule has 1 N–H and O–H groups in total. The van der Waals surface area contributed by atoms with E-state index in [4.69, 9.17) is 4.98 Å². The van der Waals surface area contributed by atoms with Crippen LogP contribution in [0.15, 0.2) is 30.5 Å². The number of hydrogen-bond donors (Lipinski definition) is 1. The molecule has 6 nitrogen and oxygen atoms in total. The van der Waals surface area contributed by atoms with Gasteiger partial charge in [-0.15, -0.1) is 0 Å². The quantitative estimate of drug-likeness (QED) is 0.601. The summed E-state index contributed by atoms with van der Waals surface area (Å²) in [5.41, 5.74) is 2.07. The zero-order valence-electron chi connectivity index (χ0n) is 14.1. The summed E-state index contributed by atoms with van der Waals surface area (Å²) in [5, 5.41) is 8.73. The highest BCUT2D eigenvalue weighted by atomic mass is 127. The molecule has 0 aliphatic rings. The number of halogens is 1. The third-order valence-electron chi connectivity index (χ3n) is 3.98. The average Bonchev–Trinajstić information content (AvgIpc) is 2.95. The first-order valence-electron chi connectivity index (χ1n) is 8.05. The van der Waals surface area contributed by atoms with Gasteiger partial charge in [0.15, 0.2) is 5.65 Å². The van der Waals surface area contributed by atoms with Crippen LogP contribution >= 0.6 is 22.6 Å². The molecular weight excluding hydrogens is 415 g/mol. The van der Waals surface area contributed by atoms with E-state index in [-0.39, 0.29) is 0 Å². The number of aryl methyl sites for hydroxylation is 1. The maximum absolute atomic E-state index is 4.74. The Kier molecular flexibility index (Phi) is 5.17. The Morgan fingerprint density at radius 1 is 1.21 bits per heavy atom. The van der Waals surface area contributed by atoms with E-state index in [2.05, 4.69) is 81.0 Å². The van der Waals surface area contributed by atoms with E-state index >= 15 is 0 Å². The topological polar surface area (TPSA) is 58.9 Å². The van der Waals surface area contributed by atoms with Crippen LogP contribution in [-0.4, -0.2) is 32.8 Å². The minimum atomic E-state index is 0.718. The maximum atomic E-state index is 4.74. The monoisotopic (exact) mass is 436 g/mol. The Hall–Kier alpha value is -1.90. The van der Waals surface area contributed by atoms with Crippen LogP contribution in [0.5, 0.6) is 0 Å². The molecule has 126 valence electrons. The highest BCUT2D eigenvalue weighted by molar-refractivity contribution is 14.1. The summed E-state index contributed by atoms with van der Waals surface area (Å²) in [6.07, 6.45) is 1.82. The van der Waals surface area contributed by atoms with Crippen molar-refractivity contribution in [2.24, 2.45) is 7.05 Å². The number of nitrogens with one attached hydrogen (secondary N) is 1. The van der Waals surface area contributed by atoms with Crippen molar-refractivity contribution in [3.63, 3.8) is 0 Å². The first kappa shape index (κ1) is 16.9. The standard InChI is InChI=1S/C17H21IN6/c1-4-24(5-2)17-21-15(14-11-20-23(3)16(14)22-17)19-10-12-7-6-8-13(18)9-12/h6-9,11H,4-5,10H2,1-3H3,(H,19,21,22). The van der Waals surface area contributed by atoms with E-state index in [1.165, 1.54) is 9.13 Å². The van der Waals surface area contributed by atoms with Crippen LogP contribution in [0, 0.1) is 3.57 Å². The zero-order valence-corrected chi connectivity index (χ0v) is 16.3. The average molecular weight is 436 g/mol. The summed E-state index contributed by atoms with van der Waals surface area (Å²) in [7, 11) is 1.91. The number of anilines is 2. The van der Waals surface area contributed by atoms with Gasteiger partial charge in [0.05, 0.1) is 11.6 Å². The third-order valence-corrected chi connectivity index (χ3v) is 4.65. The van der Waals surface area contributed by atoms with Gasteiger partial charge in [-0.2, -0.15) is 15.1 Å². The third kappa shape index (κ3) is 3.45. The molecule has 0 fully saturated rings. The van der Waals surface area contributed by atoms with Crippen molar-refractivity contribution < 1.29 is 0 Å². The molecule has 3 rings (SSSR count). The van der Waals surface area contributed by atoms with E-state index < -0.39 is 0 Å². The molecular formula is C17H21IN6. The molecule has 0 bridgehead atoms. The highest BCUT2D eigenvalue weighted by Gasteiger charge is 2.14. The van der Waals surface area contributed by atoms with Gasteiger partial charge in [-0.05, 0) is 54.1 Å². The first-order chi connectivity index (χ1) is 11.6. The van der Waals surface area contributed by atoms with Crippen molar-refractivity contribution in [3.8, 4) is 0 Å². The van der Waals surface area contributed by atoms with Crippen LogP contribution in [0.2, 0.25) is 0 Å². The molecule has 0 unspecified atom stereocenters. The van der Waals surface area contributed by atoms with Crippen molar-refractivity contribution in [1.82, 2.24) is 19.7 Å². The Bertz CT molecular complexity index is 840. The molecule has 0 radical (unpaired) electrons. The van der Waals surface area contributed by atoms with Crippen molar-refractivity contribution >= 4 is 45.4 Å². The lowest BCUT2D eigenvalue weighted by Gasteiger charge is -2.19. The van der Waals surface area contributed by atoms with Gasteiger partial charge in [0.2, 0.25) is 5.95 Å². The number of rotatable bonds is 6. The van der Waals surface area contributed by atoms with E-state index in [1.807, 2.05) is 13.2 Å². The minimum Gasteiger partial charge on any atom is -0.365 e. The van der Waals surface area contributed by atoms with E-state index in [0.717, 1.165) is 42.4 Å². The lowest BCUT2D eigenvalue weighted by molar-refractivity contribution is 0.776. The zero-order chi connectivity index (χ0) is 17.1. The second kappa shape index (κ2) is 7.33. The van der Waals surface area contributed by atoms with E-state index in [0.29, 0.717) is 0 Å². The predicted octanol–water partition coefficient (Wildman–Crippen LogP) is 3.43. The molecule has 2 heterocycles. The predicted molar refractivity (Wildman–Crippen MR) is 106 cm³/mol. The van der Waals surface area contributed by atoms with E-state index in [1.54, 1.807) is 4.68 Å². The normalized spacial score (nSPS) is 11.0. The Balaban J connectivity index is 1.96. The number of fused-ring (bicyclic) bond motifs is 1. The van der Waals surface area contributed by atoms with Gasteiger partial charge in [-0.3, -0.25) is 4.68 Å². The fraction of sp³-hybridized carbons (Fsp3) is 0.353. The summed E-state index contributed by atoms with van der Waals surface area (Å²) < 4.78 is 3.02. The van der Waals surface area contributed by atoms with Crippen LogP contribution in [0.1, 0.15) is 19.4 Å². The number of hydrogen-bond acceptors (Lipinski definition) is 5. The van der Waals surface area contributed by atoms with Gasteiger partial charge in [0.25, 0.3) is 0 Å². The summed E-state index contributed by atoms with van der Waals surface area (Å²) in [6.45, 7) is 6.68. The molecule has 24 heavy (non-hydrogen) atoms. The van der Waals surface area contributed by atoms with Crippen LogP contribution in [0.25, 0.3) is 11.0 Å². The summed E-state index contributed by atoms with van der Waals surface area (Å²) >= 11 is 2.33. The lowest BCUT2D eigenvalue weighted by atomic mass is 10.2. The second-order valence-electron chi connectivity index (χ2n) is 5.53. The van der Waals surface area contributed by atoms with Crippen molar-refractivity contribution in [2.75, 3.05) is 23.3 Å². The minimum absolute atomic E-state index is 0.718. The van der Waals surface area contributed by atoms with E-state index in [9.17, 15) is 0 Å². The highest BCUT2D eigenvalue weighted by Crippen LogP contribution is 2.23. The summed E-state index contributed by atoms with van der Waals surface area (Å²) in [4.78, 5) is 11.6. The molecule has 0 atom stereocenters. The molecule has 0 aliphatic heterocycles. The van der Waals surface area contributed by atoms with Crippen LogP contribution < -0.4 is 10.2 Å². The molecule has 0 saturated heterocycles.